The van der Waals surface area contributed by atoms with Gasteiger partial charge in [0.2, 0.25) is 0 Å². The third kappa shape index (κ3) is 3.59. The second kappa shape index (κ2) is 7.28. The van der Waals surface area contributed by atoms with Crippen molar-refractivity contribution in [3.05, 3.63) is 59.4 Å². The van der Waals surface area contributed by atoms with E-state index in [-0.39, 0.29) is 18.2 Å². The van der Waals surface area contributed by atoms with Crippen LogP contribution in [0.4, 0.5) is 15.8 Å². The van der Waals surface area contributed by atoms with Crippen molar-refractivity contribution in [2.24, 2.45) is 0 Å². The van der Waals surface area contributed by atoms with Gasteiger partial charge in [-0.1, -0.05) is 11.2 Å². The van der Waals surface area contributed by atoms with Crippen molar-refractivity contribution in [3.63, 3.8) is 0 Å². The summed E-state index contributed by atoms with van der Waals surface area (Å²) in [6.45, 7) is 5.56. The number of fused-ring (bicyclic) bond motifs is 1. The summed E-state index contributed by atoms with van der Waals surface area (Å²) < 4.78 is 19.1. The lowest BCUT2D eigenvalue weighted by Gasteiger charge is -2.14. The number of aryl methyl sites for hydroxylation is 3. The van der Waals surface area contributed by atoms with Crippen LogP contribution in [0.15, 0.2) is 41.1 Å². The SMILES string of the molecule is Cc1ccc2c(Nc3cc(F)ccc3C)c(-c3nc(C)no3)cnc2n1.Cl. The van der Waals surface area contributed by atoms with Gasteiger partial charge in [-0.3, -0.25) is 0 Å². The molecule has 0 fully saturated rings. The number of rotatable bonds is 3. The molecule has 4 rings (SSSR count). The van der Waals surface area contributed by atoms with Gasteiger partial charge in [0.25, 0.3) is 5.89 Å². The molecule has 3 heterocycles. The third-order valence-corrected chi connectivity index (χ3v) is 4.09. The molecule has 8 heteroatoms. The number of nitrogens with zero attached hydrogens (tertiary/aromatic N) is 4. The maximum Gasteiger partial charge on any atom is 0.261 e. The van der Waals surface area contributed by atoms with E-state index in [0.717, 1.165) is 16.6 Å². The summed E-state index contributed by atoms with van der Waals surface area (Å²) in [5, 5.41) is 7.94. The molecule has 0 aliphatic rings. The van der Waals surface area contributed by atoms with Gasteiger partial charge in [-0.2, -0.15) is 4.98 Å². The number of pyridine rings is 2. The van der Waals surface area contributed by atoms with Crippen LogP contribution in [0, 0.1) is 26.6 Å². The first kappa shape index (κ1) is 18.7. The molecule has 0 bridgehead atoms. The van der Waals surface area contributed by atoms with Crippen molar-refractivity contribution in [2.45, 2.75) is 20.8 Å². The van der Waals surface area contributed by atoms with Gasteiger partial charge in [0, 0.05) is 23.0 Å². The monoisotopic (exact) mass is 385 g/mol. The molecule has 0 aliphatic carbocycles. The van der Waals surface area contributed by atoms with Crippen LogP contribution >= 0.6 is 12.4 Å². The lowest BCUT2D eigenvalue weighted by Crippen LogP contribution is -2.00. The topological polar surface area (TPSA) is 76.7 Å². The zero-order chi connectivity index (χ0) is 18.3. The van der Waals surface area contributed by atoms with Gasteiger partial charge in [0.1, 0.15) is 5.82 Å². The molecule has 0 saturated carbocycles. The van der Waals surface area contributed by atoms with E-state index in [1.165, 1.54) is 12.1 Å². The predicted molar refractivity (Wildman–Crippen MR) is 104 cm³/mol. The largest absolute Gasteiger partial charge is 0.354 e. The lowest BCUT2D eigenvalue weighted by molar-refractivity contribution is 0.425. The minimum Gasteiger partial charge on any atom is -0.354 e. The highest BCUT2D eigenvalue weighted by Crippen LogP contribution is 2.35. The molecule has 0 atom stereocenters. The summed E-state index contributed by atoms with van der Waals surface area (Å²) in [6, 6.07) is 8.43. The minimum atomic E-state index is -0.319. The van der Waals surface area contributed by atoms with E-state index < -0.39 is 0 Å². The minimum absolute atomic E-state index is 0. The number of aromatic nitrogens is 4. The summed E-state index contributed by atoms with van der Waals surface area (Å²) in [7, 11) is 0. The fourth-order valence-corrected chi connectivity index (χ4v) is 2.74. The van der Waals surface area contributed by atoms with Gasteiger partial charge in [0.15, 0.2) is 11.5 Å². The predicted octanol–water partition coefficient (Wildman–Crippen LogP) is 4.91. The van der Waals surface area contributed by atoms with E-state index in [1.807, 2.05) is 26.0 Å². The Bertz CT molecular complexity index is 1130. The lowest BCUT2D eigenvalue weighted by atomic mass is 10.1. The van der Waals surface area contributed by atoms with Gasteiger partial charge in [-0.15, -0.1) is 12.4 Å². The highest BCUT2D eigenvalue weighted by molar-refractivity contribution is 5.98. The van der Waals surface area contributed by atoms with Gasteiger partial charge >= 0.3 is 0 Å². The zero-order valence-electron chi connectivity index (χ0n) is 14.9. The van der Waals surface area contributed by atoms with E-state index in [4.69, 9.17) is 4.52 Å². The van der Waals surface area contributed by atoms with E-state index in [9.17, 15) is 4.39 Å². The van der Waals surface area contributed by atoms with Crippen molar-refractivity contribution in [1.82, 2.24) is 20.1 Å². The average molecular weight is 386 g/mol. The standard InChI is InChI=1S/C19H16FN5O.ClH/c1-10-4-6-13(20)8-16(10)24-17-14-7-5-11(2)22-18(14)21-9-15(17)19-23-12(3)25-26-19;/h4-9H,1-3H3,(H,21,22,24);1H. The van der Waals surface area contributed by atoms with Gasteiger partial charge < -0.3 is 9.84 Å². The van der Waals surface area contributed by atoms with Crippen molar-refractivity contribution in [2.75, 3.05) is 5.32 Å². The van der Waals surface area contributed by atoms with Crippen molar-refractivity contribution in [1.29, 1.82) is 0 Å². The van der Waals surface area contributed by atoms with Crippen LogP contribution in [0.25, 0.3) is 22.5 Å². The molecule has 0 radical (unpaired) electrons. The smallest absolute Gasteiger partial charge is 0.261 e. The number of halogens is 2. The summed E-state index contributed by atoms with van der Waals surface area (Å²) in [5.74, 6) is 0.546. The average Bonchev–Trinajstić information content (AvgIpc) is 3.04. The highest BCUT2D eigenvalue weighted by atomic mass is 35.5. The Morgan fingerprint density at radius 2 is 1.85 bits per heavy atom. The Balaban J connectivity index is 0.00000210. The second-order valence-corrected chi connectivity index (χ2v) is 6.10. The number of benzene rings is 1. The van der Waals surface area contributed by atoms with Gasteiger partial charge in [-0.25, -0.2) is 14.4 Å². The first-order valence-electron chi connectivity index (χ1n) is 8.11. The normalized spacial score (nSPS) is 10.7. The fraction of sp³-hybridized carbons (Fsp3) is 0.158. The number of hydrogen-bond acceptors (Lipinski definition) is 6. The number of hydrogen-bond donors (Lipinski definition) is 1. The molecule has 0 saturated heterocycles. The highest BCUT2D eigenvalue weighted by Gasteiger charge is 2.17. The van der Waals surface area contributed by atoms with Crippen molar-refractivity contribution in [3.8, 4) is 11.5 Å². The van der Waals surface area contributed by atoms with E-state index in [0.29, 0.717) is 34.3 Å². The molecule has 3 aromatic heterocycles. The molecule has 0 unspecified atom stereocenters. The van der Waals surface area contributed by atoms with E-state index >= 15 is 0 Å². The molecule has 0 amide bonds. The van der Waals surface area contributed by atoms with Crippen LogP contribution < -0.4 is 5.32 Å². The van der Waals surface area contributed by atoms with Crippen LogP contribution in [-0.4, -0.2) is 20.1 Å². The maximum atomic E-state index is 13.7. The Labute approximate surface area is 161 Å². The molecule has 0 spiro atoms. The molecule has 4 aromatic rings. The molecule has 1 N–H and O–H groups in total. The Morgan fingerprint density at radius 1 is 1.04 bits per heavy atom. The third-order valence-electron chi connectivity index (χ3n) is 4.09. The molecular formula is C19H17ClFN5O. The van der Waals surface area contributed by atoms with Gasteiger partial charge in [0.05, 0.1) is 11.3 Å². The Kier molecular flexibility index (Phi) is 5.05. The summed E-state index contributed by atoms with van der Waals surface area (Å²) in [4.78, 5) is 13.2. The van der Waals surface area contributed by atoms with Crippen LogP contribution in [0.2, 0.25) is 0 Å². The number of anilines is 2. The molecular weight excluding hydrogens is 369 g/mol. The van der Waals surface area contributed by atoms with Crippen LogP contribution in [0.1, 0.15) is 17.1 Å². The Hall–Kier alpha value is -3.06. The van der Waals surface area contributed by atoms with Crippen molar-refractivity contribution < 1.29 is 8.91 Å². The first-order valence-corrected chi connectivity index (χ1v) is 8.11. The summed E-state index contributed by atoms with van der Waals surface area (Å²) in [6.07, 6.45) is 1.64. The molecule has 138 valence electrons. The summed E-state index contributed by atoms with van der Waals surface area (Å²) in [5.41, 5.74) is 4.33. The summed E-state index contributed by atoms with van der Waals surface area (Å²) >= 11 is 0. The van der Waals surface area contributed by atoms with Gasteiger partial charge in [-0.05, 0) is 50.6 Å². The van der Waals surface area contributed by atoms with E-state index in [2.05, 4.69) is 25.4 Å². The first-order chi connectivity index (χ1) is 12.5. The zero-order valence-corrected chi connectivity index (χ0v) is 15.8. The molecule has 0 aliphatic heterocycles. The second-order valence-electron chi connectivity index (χ2n) is 6.10. The van der Waals surface area contributed by atoms with Crippen LogP contribution in [0.3, 0.4) is 0 Å². The fourth-order valence-electron chi connectivity index (χ4n) is 2.74. The molecule has 1 aromatic carbocycles. The van der Waals surface area contributed by atoms with E-state index in [1.54, 1.807) is 19.2 Å². The quantitative estimate of drug-likeness (QED) is 0.540. The Morgan fingerprint density at radius 3 is 2.59 bits per heavy atom. The van der Waals surface area contributed by atoms with Crippen LogP contribution in [0.5, 0.6) is 0 Å². The maximum absolute atomic E-state index is 13.7. The van der Waals surface area contributed by atoms with Crippen molar-refractivity contribution >= 4 is 34.8 Å². The molecule has 27 heavy (non-hydrogen) atoms. The van der Waals surface area contributed by atoms with Crippen LogP contribution in [-0.2, 0) is 0 Å². The number of nitrogens with one attached hydrogen (secondary N) is 1. The molecule has 6 nitrogen and oxygen atoms in total.